The van der Waals surface area contributed by atoms with E-state index in [2.05, 4.69) is 10.8 Å². The minimum atomic E-state index is -3.96. The van der Waals surface area contributed by atoms with Crippen LogP contribution in [0.5, 0.6) is 5.75 Å². The number of rotatable bonds is 9. The SMILES string of the molecule is COc1ccc(C(F)(F)OC2=CCC(C3CCC(C4CCC(/C=C/CCF)CC4)CC3)CC2)c(F)c1F. The van der Waals surface area contributed by atoms with Gasteiger partial charge < -0.3 is 9.47 Å². The Morgan fingerprint density at radius 3 is 2.05 bits per heavy atom. The second-order valence-electron chi connectivity index (χ2n) is 11.0. The first-order valence-electron chi connectivity index (χ1n) is 13.8. The summed E-state index contributed by atoms with van der Waals surface area (Å²) >= 11 is 0. The second kappa shape index (κ2) is 12.7. The van der Waals surface area contributed by atoms with Gasteiger partial charge in [0.2, 0.25) is 5.82 Å². The molecule has 3 aliphatic rings. The van der Waals surface area contributed by atoms with Crippen LogP contribution in [0, 0.1) is 41.2 Å². The van der Waals surface area contributed by atoms with E-state index < -0.39 is 29.1 Å². The molecule has 0 bridgehead atoms. The lowest BCUT2D eigenvalue weighted by molar-refractivity contribution is -0.228. The summed E-state index contributed by atoms with van der Waals surface area (Å²) in [7, 11) is 1.14. The van der Waals surface area contributed by atoms with Crippen LogP contribution in [0.2, 0.25) is 0 Å². The number of alkyl halides is 3. The predicted molar refractivity (Wildman–Crippen MR) is 134 cm³/mol. The van der Waals surface area contributed by atoms with Crippen molar-refractivity contribution in [1.82, 2.24) is 0 Å². The Labute approximate surface area is 217 Å². The van der Waals surface area contributed by atoms with E-state index in [9.17, 15) is 22.0 Å². The van der Waals surface area contributed by atoms with Gasteiger partial charge in [-0.05, 0) is 118 Å². The molecule has 0 heterocycles. The molecule has 0 amide bonds. The highest BCUT2D eigenvalue weighted by Crippen LogP contribution is 2.46. The fraction of sp³-hybridized carbons (Fsp3) is 0.667. The number of ether oxygens (including phenoxy) is 2. The van der Waals surface area contributed by atoms with Crippen LogP contribution < -0.4 is 4.74 Å². The lowest BCUT2D eigenvalue weighted by Crippen LogP contribution is -2.29. The molecule has 1 unspecified atom stereocenters. The maximum absolute atomic E-state index is 14.7. The molecule has 4 rings (SSSR count). The molecule has 0 aliphatic heterocycles. The van der Waals surface area contributed by atoms with Gasteiger partial charge in [-0.15, -0.1) is 0 Å². The number of methoxy groups -OCH3 is 1. The van der Waals surface area contributed by atoms with Crippen LogP contribution in [-0.2, 0) is 10.8 Å². The highest BCUT2D eigenvalue weighted by Gasteiger charge is 2.41. The number of hydrogen-bond acceptors (Lipinski definition) is 2. The quantitative estimate of drug-likeness (QED) is 0.236. The molecule has 7 heteroatoms. The monoisotopic (exact) mass is 526 g/mol. The third-order valence-electron chi connectivity index (χ3n) is 8.90. The van der Waals surface area contributed by atoms with Crippen LogP contribution >= 0.6 is 0 Å². The van der Waals surface area contributed by atoms with Gasteiger partial charge in [-0.3, -0.25) is 4.39 Å². The van der Waals surface area contributed by atoms with Gasteiger partial charge >= 0.3 is 6.11 Å². The first-order chi connectivity index (χ1) is 17.8. The maximum atomic E-state index is 14.7. The molecule has 0 saturated heterocycles. The first-order valence-corrected chi connectivity index (χ1v) is 13.8. The minimum absolute atomic E-state index is 0.142. The Hall–Kier alpha value is -2.05. The lowest BCUT2D eigenvalue weighted by Gasteiger charge is -2.40. The Bertz CT molecular complexity index is 944. The molecule has 3 aliphatic carbocycles. The molecular formula is C30H39F5O2. The molecule has 1 aromatic rings. The molecule has 0 aromatic heterocycles. The molecule has 2 fully saturated rings. The summed E-state index contributed by atoms with van der Waals surface area (Å²) < 4.78 is 79.3. The summed E-state index contributed by atoms with van der Waals surface area (Å²) in [5.41, 5.74) is -1.13. The van der Waals surface area contributed by atoms with Crippen molar-refractivity contribution in [2.75, 3.05) is 13.8 Å². The van der Waals surface area contributed by atoms with Crippen molar-refractivity contribution < 1.29 is 31.4 Å². The van der Waals surface area contributed by atoms with Crippen LogP contribution in [0.3, 0.4) is 0 Å². The van der Waals surface area contributed by atoms with Crippen LogP contribution in [0.4, 0.5) is 22.0 Å². The highest BCUT2D eigenvalue weighted by atomic mass is 19.3. The molecule has 1 aromatic carbocycles. The van der Waals surface area contributed by atoms with Crippen LogP contribution in [0.15, 0.2) is 36.1 Å². The van der Waals surface area contributed by atoms with E-state index in [0.717, 1.165) is 37.5 Å². The van der Waals surface area contributed by atoms with Gasteiger partial charge in [-0.25, -0.2) is 4.39 Å². The molecule has 37 heavy (non-hydrogen) atoms. The zero-order valence-corrected chi connectivity index (χ0v) is 21.7. The van der Waals surface area contributed by atoms with E-state index in [-0.39, 0.29) is 12.4 Å². The minimum Gasteiger partial charge on any atom is -0.494 e. The molecule has 2 saturated carbocycles. The standard InChI is InChI=1S/C30H39F5O2/c1-36-27-18-17-26(28(32)29(27)33)30(34,35)37-25-15-13-24(14-16-25)23-11-9-22(10-12-23)21-7-5-20(6-8-21)4-2-3-19-31/h2,4,15,17-18,20-24H,3,5-14,16,19H2,1H3/b4-2+. The highest BCUT2D eigenvalue weighted by molar-refractivity contribution is 5.32. The van der Waals surface area contributed by atoms with E-state index in [0.29, 0.717) is 37.0 Å². The second-order valence-corrected chi connectivity index (χ2v) is 11.0. The van der Waals surface area contributed by atoms with Crippen LogP contribution in [0.25, 0.3) is 0 Å². The van der Waals surface area contributed by atoms with Crippen molar-refractivity contribution in [2.24, 2.45) is 29.6 Å². The van der Waals surface area contributed by atoms with Gasteiger partial charge in [0.25, 0.3) is 0 Å². The Kier molecular flexibility index (Phi) is 9.57. The average Bonchev–Trinajstić information content (AvgIpc) is 2.91. The Morgan fingerprint density at radius 1 is 0.865 bits per heavy atom. The Balaban J connectivity index is 1.24. The zero-order valence-electron chi connectivity index (χ0n) is 21.7. The summed E-state index contributed by atoms with van der Waals surface area (Å²) in [4.78, 5) is 0. The maximum Gasteiger partial charge on any atom is 0.429 e. The third kappa shape index (κ3) is 6.88. The molecule has 0 N–H and O–H groups in total. The van der Waals surface area contributed by atoms with E-state index in [1.165, 1.54) is 51.4 Å². The summed E-state index contributed by atoms with van der Waals surface area (Å²) in [5, 5.41) is 0. The molecular weight excluding hydrogens is 487 g/mol. The molecule has 2 nitrogen and oxygen atoms in total. The smallest absolute Gasteiger partial charge is 0.429 e. The summed E-state index contributed by atoms with van der Waals surface area (Å²) in [5.74, 6) is -0.156. The van der Waals surface area contributed by atoms with Crippen molar-refractivity contribution in [3.05, 3.63) is 53.3 Å². The lowest BCUT2D eigenvalue weighted by atomic mass is 9.66. The van der Waals surface area contributed by atoms with Gasteiger partial charge in [0, 0.05) is 6.42 Å². The van der Waals surface area contributed by atoms with E-state index in [4.69, 9.17) is 4.74 Å². The van der Waals surface area contributed by atoms with Gasteiger partial charge in [0.05, 0.1) is 19.5 Å². The molecule has 1 atom stereocenters. The first kappa shape index (κ1) is 28.0. The number of allylic oxidation sites excluding steroid dienone is 4. The van der Waals surface area contributed by atoms with Gasteiger partial charge in [0.15, 0.2) is 11.6 Å². The van der Waals surface area contributed by atoms with Crippen molar-refractivity contribution in [2.45, 2.75) is 83.2 Å². The number of halogens is 5. The summed E-state index contributed by atoms with van der Waals surface area (Å²) in [6, 6.07) is 1.78. The largest absolute Gasteiger partial charge is 0.494 e. The molecule has 0 radical (unpaired) electrons. The van der Waals surface area contributed by atoms with Crippen molar-refractivity contribution in [1.29, 1.82) is 0 Å². The van der Waals surface area contributed by atoms with Gasteiger partial charge in [-0.2, -0.15) is 13.2 Å². The fourth-order valence-corrected chi connectivity index (χ4v) is 6.73. The van der Waals surface area contributed by atoms with Crippen molar-refractivity contribution >= 4 is 0 Å². The zero-order chi connectivity index (χ0) is 26.4. The van der Waals surface area contributed by atoms with E-state index in [1.807, 2.05) is 6.08 Å². The third-order valence-corrected chi connectivity index (χ3v) is 8.90. The van der Waals surface area contributed by atoms with Crippen molar-refractivity contribution in [3.8, 4) is 5.75 Å². The summed E-state index contributed by atoms with van der Waals surface area (Å²) in [6.45, 7) is -0.280. The van der Waals surface area contributed by atoms with Gasteiger partial charge in [0.1, 0.15) is 5.56 Å². The van der Waals surface area contributed by atoms with Crippen LogP contribution in [0.1, 0.15) is 82.6 Å². The normalized spacial score (nSPS) is 29.2. The van der Waals surface area contributed by atoms with E-state index >= 15 is 0 Å². The molecule has 0 spiro atoms. The predicted octanol–water partition coefficient (Wildman–Crippen LogP) is 9.25. The summed E-state index contributed by atoms with van der Waals surface area (Å²) in [6.07, 6.45) is 14.1. The number of hydrogen-bond donors (Lipinski definition) is 0. The van der Waals surface area contributed by atoms with Crippen LogP contribution in [-0.4, -0.2) is 13.8 Å². The van der Waals surface area contributed by atoms with Crippen molar-refractivity contribution in [3.63, 3.8) is 0 Å². The van der Waals surface area contributed by atoms with Gasteiger partial charge in [-0.1, -0.05) is 12.2 Å². The van der Waals surface area contributed by atoms with E-state index in [1.54, 1.807) is 6.08 Å². The fourth-order valence-electron chi connectivity index (χ4n) is 6.73. The topological polar surface area (TPSA) is 18.5 Å². The molecule has 206 valence electrons. The average molecular weight is 527 g/mol. The number of benzene rings is 1. The Morgan fingerprint density at radius 2 is 1.49 bits per heavy atom.